The molecule has 6 N–H and O–H groups in total. The van der Waals surface area contributed by atoms with Crippen LogP contribution in [0, 0.1) is 23.7 Å². The number of aliphatic hydroxyl groups excluding tert-OH is 4. The van der Waals surface area contributed by atoms with E-state index in [-0.39, 0.29) is 37.9 Å². The molecule has 1 aromatic carbocycles. The Morgan fingerprint density at radius 2 is 1.59 bits per heavy atom. The van der Waals surface area contributed by atoms with Gasteiger partial charge in [0.25, 0.3) is 0 Å². The fourth-order valence-corrected chi connectivity index (χ4v) is 11.6. The summed E-state index contributed by atoms with van der Waals surface area (Å²) in [4.78, 5) is 18.6. The lowest BCUT2D eigenvalue weighted by Gasteiger charge is -2.51. The number of hydrogen-bond donors (Lipinski definition) is 6. The number of nitrogens with zero attached hydrogens (tertiary/aromatic N) is 8. The number of aliphatic hydroxyl groups is 6. The topological polar surface area (TPSA) is 252 Å². The van der Waals surface area contributed by atoms with Crippen molar-refractivity contribution in [3.05, 3.63) is 53.6 Å². The largest absolute Gasteiger partial charge is 0.459 e. The van der Waals surface area contributed by atoms with Crippen molar-refractivity contribution in [3.8, 4) is 5.69 Å². The Kier molecular flexibility index (Phi) is 18.7. The second-order valence-corrected chi connectivity index (χ2v) is 21.9. The minimum atomic E-state index is -1.82. The van der Waals surface area contributed by atoms with Crippen molar-refractivity contribution >= 4 is 5.97 Å². The monoisotopic (exact) mass is 1000 g/mol. The highest BCUT2D eigenvalue weighted by atomic mass is 16.7. The highest BCUT2D eigenvalue weighted by Gasteiger charge is 2.55. The summed E-state index contributed by atoms with van der Waals surface area (Å²) in [6, 6.07) is 6.83. The molecule has 0 spiro atoms. The highest BCUT2D eigenvalue weighted by Crippen LogP contribution is 2.45. The number of cyclic esters (lactones) is 1. The number of carbonyl (C=O) groups is 1. The second-order valence-electron chi connectivity index (χ2n) is 21.9. The minimum Gasteiger partial charge on any atom is -0.459 e. The van der Waals surface area contributed by atoms with Crippen LogP contribution in [-0.4, -0.2) is 195 Å². The first kappa shape index (κ1) is 56.8. The lowest BCUT2D eigenvalue weighted by Crippen LogP contribution is -2.62. The fraction of sp³-hybridized carbons (Fsp3) is 0.784. The Morgan fingerprint density at radius 1 is 0.915 bits per heavy atom. The summed E-state index contributed by atoms with van der Waals surface area (Å²) >= 11 is 0. The molecule has 20 nitrogen and oxygen atoms in total. The van der Waals surface area contributed by atoms with E-state index in [1.807, 2.05) is 84.1 Å². The number of ether oxygens (including phenoxy) is 5. The van der Waals surface area contributed by atoms with Gasteiger partial charge in [0.05, 0.1) is 72.3 Å². The van der Waals surface area contributed by atoms with Gasteiger partial charge < -0.3 is 64.1 Å². The molecule has 6 rings (SSSR count). The van der Waals surface area contributed by atoms with Crippen LogP contribution in [0.4, 0.5) is 0 Å². The van der Waals surface area contributed by atoms with Crippen LogP contribution in [0.1, 0.15) is 112 Å². The van der Waals surface area contributed by atoms with Gasteiger partial charge in [-0.1, -0.05) is 50.3 Å². The maximum absolute atomic E-state index is 14.6. The average molecular weight is 1000 g/mol. The van der Waals surface area contributed by atoms with Gasteiger partial charge in [-0.2, -0.15) is 0 Å². The number of methoxy groups -OCH3 is 1. The van der Waals surface area contributed by atoms with E-state index >= 15 is 0 Å². The van der Waals surface area contributed by atoms with Crippen LogP contribution >= 0.6 is 0 Å². The van der Waals surface area contributed by atoms with Gasteiger partial charge in [0.2, 0.25) is 0 Å². The van der Waals surface area contributed by atoms with Crippen molar-refractivity contribution in [3.63, 3.8) is 0 Å². The summed E-state index contributed by atoms with van der Waals surface area (Å²) in [6.07, 6.45) is -3.24. The van der Waals surface area contributed by atoms with Crippen molar-refractivity contribution in [1.29, 1.82) is 0 Å². The normalized spacial score (nSPS) is 39.5. The minimum absolute atomic E-state index is 0.174. The zero-order chi connectivity index (χ0) is 52.3. The molecule has 5 heterocycles. The van der Waals surface area contributed by atoms with Crippen molar-refractivity contribution in [2.45, 2.75) is 199 Å². The van der Waals surface area contributed by atoms with Gasteiger partial charge in [-0.15, -0.1) is 10.2 Å². The van der Waals surface area contributed by atoms with Crippen LogP contribution in [0.15, 0.2) is 36.7 Å². The van der Waals surface area contributed by atoms with Gasteiger partial charge in [-0.3, -0.25) is 4.79 Å². The van der Waals surface area contributed by atoms with E-state index in [2.05, 4.69) is 25.5 Å². The zero-order valence-corrected chi connectivity index (χ0v) is 44.2. The number of benzene rings is 1. The first-order valence-corrected chi connectivity index (χ1v) is 25.5. The van der Waals surface area contributed by atoms with E-state index in [9.17, 15) is 35.4 Å². The van der Waals surface area contributed by atoms with Crippen molar-refractivity contribution in [2.75, 3.05) is 34.3 Å². The van der Waals surface area contributed by atoms with E-state index in [1.165, 1.54) is 14.0 Å². The molecule has 3 fully saturated rings. The van der Waals surface area contributed by atoms with Gasteiger partial charge in [-0.25, -0.2) is 9.36 Å². The molecule has 0 radical (unpaired) electrons. The molecule has 71 heavy (non-hydrogen) atoms. The Bertz CT molecular complexity index is 2160. The van der Waals surface area contributed by atoms with Gasteiger partial charge in [0, 0.05) is 57.2 Å². The summed E-state index contributed by atoms with van der Waals surface area (Å²) < 4.78 is 35.6. The Labute approximate surface area is 419 Å². The van der Waals surface area contributed by atoms with Crippen LogP contribution in [0.3, 0.4) is 0 Å². The maximum Gasteiger partial charge on any atom is 0.309 e. The van der Waals surface area contributed by atoms with Crippen molar-refractivity contribution in [1.82, 2.24) is 39.8 Å². The van der Waals surface area contributed by atoms with Crippen LogP contribution in [0.5, 0.6) is 0 Å². The molecule has 18 atom stereocenters. The molecule has 1 unspecified atom stereocenters. The first-order chi connectivity index (χ1) is 33.3. The van der Waals surface area contributed by atoms with Gasteiger partial charge in [-0.05, 0) is 104 Å². The fourth-order valence-electron chi connectivity index (χ4n) is 11.6. The summed E-state index contributed by atoms with van der Waals surface area (Å²) in [5.74, 6) is -3.15. The molecular weight excluding hydrogens is 917 g/mol. The summed E-state index contributed by atoms with van der Waals surface area (Å²) in [5, 5.41) is 86.2. The van der Waals surface area contributed by atoms with Crippen molar-refractivity contribution in [2.24, 2.45) is 23.7 Å². The molecule has 3 aromatic rings. The average Bonchev–Trinajstić information content (AvgIpc) is 4.00. The second kappa shape index (κ2) is 23.4. The van der Waals surface area contributed by atoms with Crippen LogP contribution < -0.4 is 0 Å². The molecule has 3 aliphatic heterocycles. The summed E-state index contributed by atoms with van der Waals surface area (Å²) in [7, 11) is 5.33. The molecule has 400 valence electrons. The van der Waals surface area contributed by atoms with Gasteiger partial charge in [0.1, 0.15) is 35.7 Å². The smallest absolute Gasteiger partial charge is 0.309 e. The summed E-state index contributed by atoms with van der Waals surface area (Å²) in [6.45, 7) is 19.2. The predicted octanol–water partition coefficient (Wildman–Crippen LogP) is 2.50. The number of aromatic nitrogens is 6. The maximum atomic E-state index is 14.6. The molecule has 0 bridgehead atoms. The first-order valence-electron chi connectivity index (χ1n) is 25.5. The molecule has 0 saturated carbocycles. The number of likely N-dealkylation sites (N-methyl/N-ethyl adjacent to an activating group) is 2. The molecule has 0 amide bonds. The van der Waals surface area contributed by atoms with Crippen molar-refractivity contribution < 1.29 is 59.1 Å². The molecule has 0 aliphatic carbocycles. The zero-order valence-electron chi connectivity index (χ0n) is 44.2. The quantitative estimate of drug-likeness (QED) is 0.135. The molecule has 20 heteroatoms. The third kappa shape index (κ3) is 12.9. The van der Waals surface area contributed by atoms with Gasteiger partial charge in [0.15, 0.2) is 6.29 Å². The molecule has 2 aromatic heterocycles. The van der Waals surface area contributed by atoms with E-state index in [4.69, 9.17) is 23.7 Å². The van der Waals surface area contributed by atoms with Gasteiger partial charge >= 0.3 is 5.97 Å². The van der Waals surface area contributed by atoms with Crippen LogP contribution in [0.2, 0.25) is 0 Å². The number of hydrogen-bond acceptors (Lipinski definition) is 18. The predicted molar refractivity (Wildman–Crippen MR) is 262 cm³/mol. The number of esters is 1. The standard InChI is InChI=1S/C51H84N8O12/c1-14-41-51(10,66)44(62)33(6)57(12)24-29(2)22-49(8,65)46(31(4)42(32(5)47(64)70-41)40-23-50(9,67-13)45(63)34(7)69-40)71-48-43(61)39(21-30(3)68-48)56(11)20-19-36-26-58(54-52-36)25-35-15-17-38(18-16-35)59-27-37(28-60)53-55-59/h15-18,26-27,29-34,39-46,48,60-63,65-66H,14,19-25,28H2,1-13H3/t29-,30-,31+,32-,33-,34+,39+,40?,41-,42+,43-,44-,45+,46-,48+,49-,50-,51-/m1/s1. The third-order valence-corrected chi connectivity index (χ3v) is 16.0. The Morgan fingerprint density at radius 3 is 2.23 bits per heavy atom. The van der Waals surface area contributed by atoms with E-state index in [1.54, 1.807) is 43.3 Å². The van der Waals surface area contributed by atoms with E-state index in [0.717, 1.165) is 16.9 Å². The van der Waals surface area contributed by atoms with E-state index in [0.29, 0.717) is 38.2 Å². The number of carbonyl (C=O) groups excluding carboxylic acids is 1. The third-order valence-electron chi connectivity index (χ3n) is 16.0. The molecule has 3 saturated heterocycles. The SMILES string of the molecule is CC[C@H]1OC(=O)[C@H](C)[C@@H](C2C[C@@](C)(OC)[C@@H](O)[C@H](C)O2)[C@H](C)[C@@H](O[C@@H]2O[C@H](C)C[C@H](N(C)CCc3cn(Cc4ccc(-n5cc(CO)nn5)cc4)nn3)[C@H]2O)[C@](C)(O)C[C@@H](C)CN(C)[C@H](C)[C@@H](O)[C@]1(C)O. The summed E-state index contributed by atoms with van der Waals surface area (Å²) in [5.41, 5.74) is -1.37. The van der Waals surface area contributed by atoms with Crippen LogP contribution in [0.25, 0.3) is 5.69 Å². The lowest BCUT2D eigenvalue weighted by atomic mass is 9.68. The molecular formula is C51H84N8O12. The number of rotatable bonds is 13. The highest BCUT2D eigenvalue weighted by molar-refractivity contribution is 5.73. The van der Waals surface area contributed by atoms with Crippen LogP contribution in [-0.2, 0) is 48.1 Å². The molecule has 3 aliphatic rings. The Hall–Kier alpha value is -3.51. The van der Waals surface area contributed by atoms with E-state index < -0.39 is 102 Å². The lowest BCUT2D eigenvalue weighted by molar-refractivity contribution is -0.302. The Balaban J connectivity index is 1.25.